The molecule has 7 heteroatoms. The van der Waals surface area contributed by atoms with Crippen molar-refractivity contribution in [2.24, 2.45) is 0 Å². The number of rotatable bonds is 13. The summed E-state index contributed by atoms with van der Waals surface area (Å²) in [5.41, 5.74) is 2.51. The molecule has 0 aromatic heterocycles. The average Bonchev–Trinajstić information content (AvgIpc) is 2.82. The van der Waals surface area contributed by atoms with Gasteiger partial charge in [0.1, 0.15) is 17.2 Å². The molecule has 4 nitrogen and oxygen atoms in total. The maximum atomic E-state index is 12.4. The van der Waals surface area contributed by atoms with Crippen molar-refractivity contribution in [2.75, 3.05) is 25.1 Å². The van der Waals surface area contributed by atoms with E-state index in [1.165, 1.54) is 12.1 Å². The number of unbranched alkanes of at least 4 members (excludes halogenated alkanes) is 2. The molecule has 0 spiro atoms. The van der Waals surface area contributed by atoms with Gasteiger partial charge in [0.25, 0.3) is 0 Å². The molecule has 0 aliphatic rings. The Morgan fingerprint density at radius 2 is 1.44 bits per heavy atom. The number of halogens is 3. The summed E-state index contributed by atoms with van der Waals surface area (Å²) in [5, 5.41) is 3.44. The quantitative estimate of drug-likeness (QED) is 0.258. The Labute approximate surface area is 198 Å². The highest BCUT2D eigenvalue weighted by Crippen LogP contribution is 2.32. The van der Waals surface area contributed by atoms with E-state index < -0.39 is 6.36 Å². The molecule has 1 N–H and O–H groups in total. The molecule has 0 saturated carbocycles. The zero-order chi connectivity index (χ0) is 24.2. The second-order valence-corrected chi connectivity index (χ2v) is 7.78. The molecular formula is C27H30F3NO3. The fourth-order valence-electron chi connectivity index (χ4n) is 3.37. The first-order chi connectivity index (χ1) is 16.4. The molecule has 0 aliphatic heterocycles. The molecule has 0 heterocycles. The predicted octanol–water partition coefficient (Wildman–Crippen LogP) is 7.70. The van der Waals surface area contributed by atoms with E-state index in [9.17, 15) is 13.2 Å². The molecule has 0 radical (unpaired) electrons. The van der Waals surface area contributed by atoms with Crippen LogP contribution in [0.2, 0.25) is 0 Å². The van der Waals surface area contributed by atoms with E-state index in [2.05, 4.69) is 17.0 Å². The first kappa shape index (κ1) is 25.3. The van der Waals surface area contributed by atoms with E-state index in [1.54, 1.807) is 12.1 Å². The number of hydrogen-bond donors (Lipinski definition) is 1. The lowest BCUT2D eigenvalue weighted by Gasteiger charge is -2.16. The Balaban J connectivity index is 1.63. The zero-order valence-electron chi connectivity index (χ0n) is 19.2. The minimum Gasteiger partial charge on any atom is -0.493 e. The lowest BCUT2D eigenvalue weighted by atomic mass is 10.0. The Hall–Kier alpha value is -3.35. The summed E-state index contributed by atoms with van der Waals surface area (Å²) in [7, 11) is 0. The number of para-hydroxylation sites is 1. The van der Waals surface area contributed by atoms with Crippen LogP contribution in [0.25, 0.3) is 11.1 Å². The summed E-state index contributed by atoms with van der Waals surface area (Å²) in [6.07, 6.45) is -0.692. The highest BCUT2D eigenvalue weighted by molar-refractivity contribution is 5.72. The molecule has 3 rings (SSSR count). The van der Waals surface area contributed by atoms with E-state index in [-0.39, 0.29) is 5.75 Å². The summed E-state index contributed by atoms with van der Waals surface area (Å²) in [4.78, 5) is 0. The Bertz CT molecular complexity index is 992. The smallest absolute Gasteiger partial charge is 0.493 e. The van der Waals surface area contributed by atoms with Crippen LogP contribution in [0.15, 0.2) is 72.8 Å². The van der Waals surface area contributed by atoms with Crippen molar-refractivity contribution in [2.45, 2.75) is 39.0 Å². The standard InChI is InChI=1S/C27H30F3NO3/c1-2-3-7-17-31-25-20-22(21-11-14-24(15-12-21)34-27(28,29)30)13-16-26(25)33-19-8-18-32-23-9-5-4-6-10-23/h4-6,9-16,20,31H,2-3,7-8,17-19H2,1H3. The summed E-state index contributed by atoms with van der Waals surface area (Å²) < 4.78 is 52.9. The van der Waals surface area contributed by atoms with Crippen LogP contribution in [-0.2, 0) is 0 Å². The molecule has 0 saturated heterocycles. The topological polar surface area (TPSA) is 39.7 Å². The fourth-order valence-corrected chi connectivity index (χ4v) is 3.37. The molecule has 0 aliphatic carbocycles. The predicted molar refractivity (Wildman–Crippen MR) is 129 cm³/mol. The molecule has 34 heavy (non-hydrogen) atoms. The van der Waals surface area contributed by atoms with Crippen molar-refractivity contribution in [3.63, 3.8) is 0 Å². The van der Waals surface area contributed by atoms with Gasteiger partial charge >= 0.3 is 6.36 Å². The van der Waals surface area contributed by atoms with Gasteiger partial charge in [-0.25, -0.2) is 0 Å². The number of alkyl halides is 3. The number of benzene rings is 3. The first-order valence-electron chi connectivity index (χ1n) is 11.5. The van der Waals surface area contributed by atoms with Crippen LogP contribution in [-0.4, -0.2) is 26.1 Å². The van der Waals surface area contributed by atoms with Crippen LogP contribution in [0.4, 0.5) is 18.9 Å². The fraction of sp³-hybridized carbons (Fsp3) is 0.333. The van der Waals surface area contributed by atoms with Gasteiger partial charge in [-0.3, -0.25) is 0 Å². The van der Waals surface area contributed by atoms with Crippen LogP contribution in [0.3, 0.4) is 0 Å². The van der Waals surface area contributed by atoms with E-state index >= 15 is 0 Å². The molecule has 0 amide bonds. The monoisotopic (exact) mass is 473 g/mol. The van der Waals surface area contributed by atoms with Gasteiger partial charge in [-0.15, -0.1) is 13.2 Å². The minimum absolute atomic E-state index is 0.244. The summed E-state index contributed by atoms with van der Waals surface area (Å²) >= 11 is 0. The first-order valence-corrected chi connectivity index (χ1v) is 11.5. The van der Waals surface area contributed by atoms with Gasteiger partial charge in [0.15, 0.2) is 0 Å². The van der Waals surface area contributed by atoms with Crippen molar-refractivity contribution in [3.05, 3.63) is 72.8 Å². The third-order valence-electron chi connectivity index (χ3n) is 5.05. The Morgan fingerprint density at radius 3 is 2.15 bits per heavy atom. The zero-order valence-corrected chi connectivity index (χ0v) is 19.2. The molecule has 0 fully saturated rings. The van der Waals surface area contributed by atoms with Gasteiger partial charge in [0, 0.05) is 13.0 Å². The van der Waals surface area contributed by atoms with Crippen molar-refractivity contribution in [3.8, 4) is 28.4 Å². The van der Waals surface area contributed by atoms with Crippen LogP contribution in [0, 0.1) is 0 Å². The normalized spacial score (nSPS) is 11.2. The lowest BCUT2D eigenvalue weighted by molar-refractivity contribution is -0.274. The van der Waals surface area contributed by atoms with E-state index in [4.69, 9.17) is 9.47 Å². The maximum Gasteiger partial charge on any atom is 0.573 e. The van der Waals surface area contributed by atoms with Gasteiger partial charge in [0.2, 0.25) is 0 Å². The molecule has 182 valence electrons. The van der Waals surface area contributed by atoms with Gasteiger partial charge < -0.3 is 19.5 Å². The van der Waals surface area contributed by atoms with Gasteiger partial charge in [-0.1, -0.05) is 56.2 Å². The number of anilines is 1. The minimum atomic E-state index is -4.71. The van der Waals surface area contributed by atoms with Crippen LogP contribution in [0.1, 0.15) is 32.6 Å². The van der Waals surface area contributed by atoms with Crippen molar-refractivity contribution >= 4 is 5.69 Å². The van der Waals surface area contributed by atoms with Crippen molar-refractivity contribution in [1.82, 2.24) is 0 Å². The van der Waals surface area contributed by atoms with Crippen molar-refractivity contribution in [1.29, 1.82) is 0 Å². The number of ether oxygens (including phenoxy) is 3. The van der Waals surface area contributed by atoms with Crippen LogP contribution < -0.4 is 19.5 Å². The van der Waals surface area contributed by atoms with E-state index in [0.717, 1.165) is 60.5 Å². The number of hydrogen-bond acceptors (Lipinski definition) is 4. The summed E-state index contributed by atoms with van der Waals surface area (Å²) in [6, 6.07) is 21.2. The lowest BCUT2D eigenvalue weighted by Crippen LogP contribution is -2.16. The van der Waals surface area contributed by atoms with E-state index in [1.807, 2.05) is 48.5 Å². The third kappa shape index (κ3) is 8.54. The van der Waals surface area contributed by atoms with Crippen LogP contribution in [0.5, 0.6) is 17.2 Å². The largest absolute Gasteiger partial charge is 0.573 e. The molecule has 0 unspecified atom stereocenters. The van der Waals surface area contributed by atoms with Crippen molar-refractivity contribution < 1.29 is 27.4 Å². The molecular weight excluding hydrogens is 443 g/mol. The Morgan fingerprint density at radius 1 is 0.735 bits per heavy atom. The summed E-state index contributed by atoms with van der Waals surface area (Å²) in [5.74, 6) is 1.32. The van der Waals surface area contributed by atoms with Crippen LogP contribution >= 0.6 is 0 Å². The number of nitrogens with one attached hydrogen (secondary N) is 1. The second-order valence-electron chi connectivity index (χ2n) is 7.78. The van der Waals surface area contributed by atoms with Gasteiger partial charge in [-0.2, -0.15) is 0 Å². The SMILES string of the molecule is CCCCCNc1cc(-c2ccc(OC(F)(F)F)cc2)ccc1OCCCOc1ccccc1. The molecule has 0 bridgehead atoms. The summed E-state index contributed by atoms with van der Waals surface area (Å²) in [6.45, 7) is 4.01. The maximum absolute atomic E-state index is 12.4. The van der Waals surface area contributed by atoms with E-state index in [0.29, 0.717) is 13.2 Å². The molecule has 3 aromatic carbocycles. The molecule has 3 aromatic rings. The Kier molecular flexibility index (Phi) is 9.50. The second kappa shape index (κ2) is 12.8. The highest BCUT2D eigenvalue weighted by atomic mass is 19.4. The average molecular weight is 474 g/mol. The van der Waals surface area contributed by atoms with Gasteiger partial charge in [-0.05, 0) is 53.9 Å². The molecule has 0 atom stereocenters. The highest BCUT2D eigenvalue weighted by Gasteiger charge is 2.30. The van der Waals surface area contributed by atoms with Gasteiger partial charge in [0.05, 0.1) is 18.9 Å². The third-order valence-corrected chi connectivity index (χ3v) is 5.05.